The lowest BCUT2D eigenvalue weighted by atomic mass is 10.4. The molecule has 1 aromatic rings. The molecule has 0 saturated heterocycles. The molecule has 0 radical (unpaired) electrons. The van der Waals surface area contributed by atoms with Gasteiger partial charge in [0, 0.05) is 18.4 Å². The van der Waals surface area contributed by atoms with Gasteiger partial charge in [0.2, 0.25) is 0 Å². The number of hydrogen-bond donors (Lipinski definition) is 1. The number of anilines is 1. The van der Waals surface area contributed by atoms with Crippen LogP contribution in [0.5, 0.6) is 0 Å². The first-order valence-electron chi connectivity index (χ1n) is 4.63. The van der Waals surface area contributed by atoms with Crippen molar-refractivity contribution in [1.82, 2.24) is 4.98 Å². The van der Waals surface area contributed by atoms with E-state index in [9.17, 15) is 13.2 Å². The van der Waals surface area contributed by atoms with Crippen LogP contribution in [0.3, 0.4) is 0 Å². The Balaban J connectivity index is 2.30. The van der Waals surface area contributed by atoms with Crippen LogP contribution in [0.15, 0.2) is 36.4 Å². The van der Waals surface area contributed by atoms with Crippen LogP contribution in [0.25, 0.3) is 0 Å². The summed E-state index contributed by atoms with van der Waals surface area (Å²) in [5.41, 5.74) is 0.706. The molecule has 1 heterocycles. The Bertz CT molecular complexity index is 405. The molecule has 0 bridgehead atoms. The first kappa shape index (κ1) is 14.0. The molecule has 1 rings (SSSR count). The predicted molar refractivity (Wildman–Crippen MR) is 67.9 cm³/mol. The average molecular weight is 278 g/mol. The highest BCUT2D eigenvalue weighted by atomic mass is 32.2. The molecule has 0 amide bonds. The first-order chi connectivity index (χ1) is 8.09. The monoisotopic (exact) mass is 278 g/mol. The summed E-state index contributed by atoms with van der Waals surface area (Å²) in [6.45, 7) is 0. The summed E-state index contributed by atoms with van der Waals surface area (Å²) < 4.78 is 36.3. The van der Waals surface area contributed by atoms with Gasteiger partial charge in [-0.25, -0.2) is 4.39 Å². The molecule has 0 aliphatic rings. The Kier molecular flexibility index (Phi) is 5.99. The van der Waals surface area contributed by atoms with E-state index in [0.29, 0.717) is 10.0 Å². The average Bonchev–Trinajstić information content (AvgIpc) is 2.30. The van der Waals surface area contributed by atoms with E-state index in [0.717, 1.165) is 11.8 Å². The SMILES string of the molecule is FC(F)=C(F)CCSC(=S)Nc1cccnc1. The molecule has 0 fully saturated rings. The van der Waals surface area contributed by atoms with Gasteiger partial charge in [0.05, 0.1) is 11.9 Å². The third-order valence-electron chi connectivity index (χ3n) is 1.67. The normalized spacial score (nSPS) is 9.82. The van der Waals surface area contributed by atoms with Crippen molar-refractivity contribution >= 4 is 34.0 Å². The van der Waals surface area contributed by atoms with Crippen LogP contribution in [0.4, 0.5) is 18.9 Å². The maximum absolute atomic E-state index is 12.4. The van der Waals surface area contributed by atoms with E-state index in [2.05, 4.69) is 10.3 Å². The highest BCUT2D eigenvalue weighted by molar-refractivity contribution is 8.23. The summed E-state index contributed by atoms with van der Waals surface area (Å²) in [6.07, 6.45) is 0.596. The Morgan fingerprint density at radius 3 is 2.76 bits per heavy atom. The van der Waals surface area contributed by atoms with Crippen LogP contribution in [-0.2, 0) is 0 Å². The van der Waals surface area contributed by atoms with Gasteiger partial charge >= 0.3 is 6.08 Å². The van der Waals surface area contributed by atoms with Gasteiger partial charge in [-0.1, -0.05) is 24.0 Å². The van der Waals surface area contributed by atoms with Crippen LogP contribution in [0, 0.1) is 0 Å². The molecule has 0 saturated carbocycles. The smallest absolute Gasteiger partial charge is 0.301 e. The number of aromatic nitrogens is 1. The second kappa shape index (κ2) is 7.29. The molecule has 0 unspecified atom stereocenters. The third kappa shape index (κ3) is 5.69. The number of rotatable bonds is 4. The van der Waals surface area contributed by atoms with Gasteiger partial charge in [-0.2, -0.15) is 8.78 Å². The summed E-state index contributed by atoms with van der Waals surface area (Å²) in [7, 11) is 0. The summed E-state index contributed by atoms with van der Waals surface area (Å²) in [4.78, 5) is 3.87. The Labute approximate surface area is 106 Å². The molecule has 92 valence electrons. The number of thiocarbonyl (C=S) groups is 1. The van der Waals surface area contributed by atoms with E-state index in [-0.39, 0.29) is 12.2 Å². The molecule has 0 aliphatic carbocycles. The van der Waals surface area contributed by atoms with Crippen LogP contribution < -0.4 is 5.32 Å². The lowest BCUT2D eigenvalue weighted by molar-refractivity contribution is 0.373. The number of nitrogens with zero attached hydrogens (tertiary/aromatic N) is 1. The number of allylic oxidation sites excluding steroid dienone is 1. The standard InChI is InChI=1S/C10H9F3N2S2/c11-8(9(12)13)3-5-17-10(16)15-7-2-1-4-14-6-7/h1-2,4,6H,3,5H2,(H,15,16). The highest BCUT2D eigenvalue weighted by Crippen LogP contribution is 2.18. The van der Waals surface area contributed by atoms with E-state index in [1.807, 2.05) is 0 Å². The predicted octanol–water partition coefficient (Wildman–Crippen LogP) is 3.98. The molecule has 7 heteroatoms. The Hall–Kier alpha value is -1.08. The molecular formula is C10H9F3N2S2. The molecule has 17 heavy (non-hydrogen) atoms. The zero-order valence-electron chi connectivity index (χ0n) is 8.62. The topological polar surface area (TPSA) is 24.9 Å². The summed E-state index contributed by atoms with van der Waals surface area (Å²) in [5.74, 6) is -1.23. The first-order valence-corrected chi connectivity index (χ1v) is 6.02. The van der Waals surface area contributed by atoms with Crippen molar-refractivity contribution in [3.63, 3.8) is 0 Å². The summed E-state index contributed by atoms with van der Waals surface area (Å²) in [6, 6.07) is 3.50. The summed E-state index contributed by atoms with van der Waals surface area (Å²) >= 11 is 6.05. The fourth-order valence-electron chi connectivity index (χ4n) is 0.918. The minimum Gasteiger partial charge on any atom is -0.340 e. The van der Waals surface area contributed by atoms with Gasteiger partial charge in [0.25, 0.3) is 0 Å². The van der Waals surface area contributed by atoms with Crippen molar-refractivity contribution in [2.75, 3.05) is 11.1 Å². The molecule has 0 spiro atoms. The van der Waals surface area contributed by atoms with Gasteiger partial charge in [-0.05, 0) is 12.1 Å². The van der Waals surface area contributed by atoms with E-state index in [1.165, 1.54) is 0 Å². The number of pyridine rings is 1. The zero-order valence-corrected chi connectivity index (χ0v) is 10.3. The van der Waals surface area contributed by atoms with Crippen molar-refractivity contribution in [1.29, 1.82) is 0 Å². The van der Waals surface area contributed by atoms with Crippen molar-refractivity contribution in [3.8, 4) is 0 Å². The molecule has 0 atom stereocenters. The van der Waals surface area contributed by atoms with E-state index < -0.39 is 11.9 Å². The van der Waals surface area contributed by atoms with Crippen LogP contribution >= 0.6 is 24.0 Å². The molecule has 0 aromatic carbocycles. The number of nitrogens with one attached hydrogen (secondary N) is 1. The van der Waals surface area contributed by atoms with Crippen molar-refractivity contribution < 1.29 is 13.2 Å². The van der Waals surface area contributed by atoms with Gasteiger partial charge in [-0.15, -0.1) is 0 Å². The number of thioether (sulfide) groups is 1. The largest absolute Gasteiger partial charge is 0.340 e. The Morgan fingerprint density at radius 1 is 1.41 bits per heavy atom. The summed E-state index contributed by atoms with van der Waals surface area (Å²) in [5, 5.41) is 2.85. The minimum absolute atomic E-state index is 0.162. The van der Waals surface area contributed by atoms with Gasteiger partial charge < -0.3 is 5.32 Å². The van der Waals surface area contributed by atoms with Gasteiger partial charge in [-0.3, -0.25) is 4.98 Å². The minimum atomic E-state index is -2.27. The molecule has 0 aliphatic heterocycles. The van der Waals surface area contributed by atoms with Crippen molar-refractivity contribution in [3.05, 3.63) is 36.4 Å². The highest BCUT2D eigenvalue weighted by Gasteiger charge is 2.06. The molecule has 2 nitrogen and oxygen atoms in total. The van der Waals surface area contributed by atoms with Gasteiger partial charge in [0.1, 0.15) is 4.32 Å². The number of halogens is 3. The molecular weight excluding hydrogens is 269 g/mol. The van der Waals surface area contributed by atoms with E-state index in [1.54, 1.807) is 24.5 Å². The second-order valence-electron chi connectivity index (χ2n) is 2.92. The van der Waals surface area contributed by atoms with Crippen molar-refractivity contribution in [2.45, 2.75) is 6.42 Å². The van der Waals surface area contributed by atoms with E-state index in [4.69, 9.17) is 12.2 Å². The van der Waals surface area contributed by atoms with Crippen LogP contribution in [-0.4, -0.2) is 15.1 Å². The second-order valence-corrected chi connectivity index (χ2v) is 4.69. The van der Waals surface area contributed by atoms with Crippen molar-refractivity contribution in [2.24, 2.45) is 0 Å². The Morgan fingerprint density at radius 2 is 2.18 bits per heavy atom. The zero-order chi connectivity index (χ0) is 12.7. The maximum Gasteiger partial charge on any atom is 0.301 e. The molecule has 1 N–H and O–H groups in total. The lowest BCUT2D eigenvalue weighted by Crippen LogP contribution is -2.05. The lowest BCUT2D eigenvalue weighted by Gasteiger charge is -2.05. The number of hydrogen-bond acceptors (Lipinski definition) is 3. The molecule has 1 aromatic heterocycles. The van der Waals surface area contributed by atoms with Crippen LogP contribution in [0.1, 0.15) is 6.42 Å². The van der Waals surface area contributed by atoms with E-state index >= 15 is 0 Å². The maximum atomic E-state index is 12.4. The fraction of sp³-hybridized carbons (Fsp3) is 0.200. The quantitative estimate of drug-likeness (QED) is 0.842. The third-order valence-corrected chi connectivity index (χ3v) is 2.90. The van der Waals surface area contributed by atoms with Crippen LogP contribution in [0.2, 0.25) is 0 Å². The fourth-order valence-corrected chi connectivity index (χ4v) is 1.94. The van der Waals surface area contributed by atoms with Gasteiger partial charge in [0.15, 0.2) is 5.83 Å².